The van der Waals surface area contributed by atoms with E-state index in [0.29, 0.717) is 11.3 Å². The van der Waals surface area contributed by atoms with E-state index in [4.69, 9.17) is 0 Å². The lowest BCUT2D eigenvalue weighted by molar-refractivity contribution is -0.116. The van der Waals surface area contributed by atoms with Crippen molar-refractivity contribution in [3.8, 4) is 0 Å². The van der Waals surface area contributed by atoms with Crippen LogP contribution in [-0.4, -0.2) is 21.6 Å². The van der Waals surface area contributed by atoms with Crippen molar-refractivity contribution in [3.05, 3.63) is 58.1 Å². The number of nitrogens with one attached hydrogen (secondary N) is 2. The predicted molar refractivity (Wildman–Crippen MR) is 75.4 cm³/mol. The van der Waals surface area contributed by atoms with E-state index in [9.17, 15) is 4.79 Å². The van der Waals surface area contributed by atoms with Gasteiger partial charge in [-0.25, -0.2) is 5.43 Å². The molecule has 0 saturated heterocycles. The molecule has 2 N–H and O–H groups in total. The van der Waals surface area contributed by atoms with Crippen molar-refractivity contribution in [1.29, 1.82) is 0 Å². The first-order chi connectivity index (χ1) is 9.24. The average molecular weight is 317 g/mol. The van der Waals surface area contributed by atoms with E-state index < -0.39 is 0 Å². The topological polar surface area (TPSA) is 70.1 Å². The fraction of sp³-hybridized carbons (Fsp3) is 0. The van der Waals surface area contributed by atoms with Gasteiger partial charge in [0.2, 0.25) is 0 Å². The Hall–Kier alpha value is -2.21. The van der Waals surface area contributed by atoms with Crippen LogP contribution in [0.4, 0.5) is 0 Å². The summed E-state index contributed by atoms with van der Waals surface area (Å²) in [6, 6.07) is 5.56. The summed E-state index contributed by atoms with van der Waals surface area (Å²) in [5.74, 6) is -0.218. The Bertz CT molecular complexity index is 688. The highest BCUT2D eigenvalue weighted by molar-refractivity contribution is 9.10. The van der Waals surface area contributed by atoms with Crippen molar-refractivity contribution >= 4 is 33.6 Å². The molecular weight excluding hydrogens is 308 g/mol. The van der Waals surface area contributed by atoms with Crippen LogP contribution in [0.25, 0.3) is 6.08 Å². The first-order valence-electron chi connectivity index (χ1n) is 5.58. The van der Waals surface area contributed by atoms with E-state index in [1.54, 1.807) is 24.7 Å². The largest absolute Gasteiger partial charge is 0.361 e. The van der Waals surface area contributed by atoms with E-state index >= 15 is 0 Å². The first kappa shape index (κ1) is 11.9. The molecule has 0 saturated carbocycles. The number of hydrogen-bond donors (Lipinski definition) is 2. The van der Waals surface area contributed by atoms with Crippen LogP contribution in [0.1, 0.15) is 11.3 Å². The minimum absolute atomic E-state index is 0.218. The van der Waals surface area contributed by atoms with Crippen molar-refractivity contribution in [3.63, 3.8) is 0 Å². The number of aromatic amines is 1. The maximum absolute atomic E-state index is 11.8. The first-order valence-corrected chi connectivity index (χ1v) is 6.38. The average Bonchev–Trinajstić information content (AvgIpc) is 2.99. The molecule has 3 rings (SSSR count). The van der Waals surface area contributed by atoms with E-state index in [2.05, 4.69) is 36.4 Å². The third kappa shape index (κ3) is 2.34. The number of carbonyl (C=O) groups excluding carboxylic acids is 1. The number of H-pyrrole nitrogens is 1. The fourth-order valence-corrected chi connectivity index (χ4v) is 2.18. The monoisotopic (exact) mass is 316 g/mol. The number of hydrogen-bond acceptors (Lipinski definition) is 3. The molecule has 0 aromatic carbocycles. The highest BCUT2D eigenvalue weighted by atomic mass is 79.9. The SMILES string of the molecule is O=C1NN=C(c2cccnc2)C1=Cc1cc(Br)c[nH]1. The second kappa shape index (κ2) is 4.81. The van der Waals surface area contributed by atoms with Crippen LogP contribution in [-0.2, 0) is 4.79 Å². The number of nitrogens with zero attached hydrogens (tertiary/aromatic N) is 2. The number of pyridine rings is 1. The van der Waals surface area contributed by atoms with Crippen LogP contribution < -0.4 is 5.43 Å². The summed E-state index contributed by atoms with van der Waals surface area (Å²) >= 11 is 3.36. The van der Waals surface area contributed by atoms with Crippen LogP contribution in [0.15, 0.2) is 51.9 Å². The van der Waals surface area contributed by atoms with Gasteiger partial charge in [0.1, 0.15) is 5.71 Å². The summed E-state index contributed by atoms with van der Waals surface area (Å²) < 4.78 is 0.928. The molecule has 6 heteroatoms. The van der Waals surface area contributed by atoms with Crippen molar-refractivity contribution in [2.45, 2.75) is 0 Å². The van der Waals surface area contributed by atoms with Crippen LogP contribution in [0, 0.1) is 0 Å². The highest BCUT2D eigenvalue weighted by Gasteiger charge is 2.24. The molecule has 3 heterocycles. The molecule has 2 aromatic heterocycles. The lowest BCUT2D eigenvalue weighted by atomic mass is 10.0. The number of carbonyl (C=O) groups is 1. The molecule has 0 radical (unpaired) electrons. The molecule has 2 aromatic rings. The minimum atomic E-state index is -0.218. The molecule has 1 aliphatic rings. The Labute approximate surface area is 117 Å². The molecule has 0 atom stereocenters. The minimum Gasteiger partial charge on any atom is -0.361 e. The zero-order chi connectivity index (χ0) is 13.2. The van der Waals surface area contributed by atoms with Gasteiger partial charge in [-0.15, -0.1) is 0 Å². The van der Waals surface area contributed by atoms with Gasteiger partial charge in [-0.1, -0.05) is 0 Å². The van der Waals surface area contributed by atoms with Gasteiger partial charge in [0.15, 0.2) is 0 Å². The predicted octanol–water partition coefficient (Wildman–Crippen LogP) is 2.09. The van der Waals surface area contributed by atoms with Crippen LogP contribution >= 0.6 is 15.9 Å². The lowest BCUT2D eigenvalue weighted by Gasteiger charge is -2.00. The Kier molecular flexibility index (Phi) is 3.00. The summed E-state index contributed by atoms with van der Waals surface area (Å²) in [6.07, 6.45) is 6.93. The molecule has 0 aliphatic carbocycles. The number of halogens is 1. The molecule has 94 valence electrons. The Morgan fingerprint density at radius 3 is 2.95 bits per heavy atom. The van der Waals surface area contributed by atoms with Gasteiger partial charge in [-0.2, -0.15) is 5.10 Å². The van der Waals surface area contributed by atoms with Crippen LogP contribution in [0.3, 0.4) is 0 Å². The number of hydrazone groups is 1. The normalized spacial score (nSPS) is 16.6. The van der Waals surface area contributed by atoms with Crippen LogP contribution in [0.5, 0.6) is 0 Å². The standard InChI is InChI=1S/C13H9BrN4O/c14-9-4-10(16-7-9)5-11-12(17-18-13(11)19)8-2-1-3-15-6-8/h1-7,16H,(H,18,19). The third-order valence-corrected chi connectivity index (χ3v) is 3.13. The Morgan fingerprint density at radius 1 is 1.37 bits per heavy atom. The van der Waals surface area contributed by atoms with E-state index in [0.717, 1.165) is 15.7 Å². The quantitative estimate of drug-likeness (QED) is 0.833. The fourth-order valence-electron chi connectivity index (χ4n) is 1.81. The van der Waals surface area contributed by atoms with E-state index in [-0.39, 0.29) is 5.91 Å². The molecule has 0 unspecified atom stereocenters. The molecule has 0 fully saturated rings. The Balaban J connectivity index is 2.01. The van der Waals surface area contributed by atoms with Gasteiger partial charge in [0.25, 0.3) is 5.91 Å². The van der Waals surface area contributed by atoms with Crippen molar-refractivity contribution in [2.75, 3.05) is 0 Å². The van der Waals surface area contributed by atoms with Gasteiger partial charge in [-0.3, -0.25) is 9.78 Å². The van der Waals surface area contributed by atoms with Crippen molar-refractivity contribution in [1.82, 2.24) is 15.4 Å². The molecule has 0 bridgehead atoms. The second-order valence-electron chi connectivity index (χ2n) is 3.97. The maximum atomic E-state index is 11.8. The molecule has 1 aliphatic heterocycles. The van der Waals surface area contributed by atoms with Gasteiger partial charge in [-0.05, 0) is 40.2 Å². The summed E-state index contributed by atoms with van der Waals surface area (Å²) in [7, 11) is 0. The third-order valence-electron chi connectivity index (χ3n) is 2.67. The van der Waals surface area contributed by atoms with Crippen molar-refractivity contribution in [2.24, 2.45) is 5.10 Å². The van der Waals surface area contributed by atoms with Gasteiger partial charge in [0, 0.05) is 34.3 Å². The van der Waals surface area contributed by atoms with E-state index in [1.165, 1.54) is 0 Å². The second-order valence-corrected chi connectivity index (χ2v) is 4.89. The van der Waals surface area contributed by atoms with Gasteiger partial charge in [0.05, 0.1) is 5.57 Å². The highest BCUT2D eigenvalue weighted by Crippen LogP contribution is 2.18. The number of amides is 1. The van der Waals surface area contributed by atoms with Crippen LogP contribution in [0.2, 0.25) is 0 Å². The number of aromatic nitrogens is 2. The summed E-state index contributed by atoms with van der Waals surface area (Å²) in [6.45, 7) is 0. The molecular formula is C13H9BrN4O. The summed E-state index contributed by atoms with van der Waals surface area (Å²) in [4.78, 5) is 18.9. The zero-order valence-electron chi connectivity index (χ0n) is 9.72. The molecule has 0 spiro atoms. The summed E-state index contributed by atoms with van der Waals surface area (Å²) in [5.41, 5.74) is 5.22. The smallest absolute Gasteiger partial charge is 0.273 e. The van der Waals surface area contributed by atoms with Crippen molar-refractivity contribution < 1.29 is 4.79 Å². The molecule has 19 heavy (non-hydrogen) atoms. The maximum Gasteiger partial charge on any atom is 0.273 e. The van der Waals surface area contributed by atoms with Gasteiger partial charge >= 0.3 is 0 Å². The van der Waals surface area contributed by atoms with Gasteiger partial charge < -0.3 is 4.98 Å². The molecule has 5 nitrogen and oxygen atoms in total. The summed E-state index contributed by atoms with van der Waals surface area (Å²) in [5, 5.41) is 4.05. The lowest BCUT2D eigenvalue weighted by Crippen LogP contribution is -2.13. The molecule has 1 amide bonds. The Morgan fingerprint density at radius 2 is 2.26 bits per heavy atom. The zero-order valence-corrected chi connectivity index (χ0v) is 11.3. The van der Waals surface area contributed by atoms with E-state index in [1.807, 2.05) is 18.2 Å². The number of rotatable bonds is 2.